The van der Waals surface area contributed by atoms with E-state index in [9.17, 15) is 9.18 Å². The molecular weight excluding hydrogens is 359 g/mol. The highest BCUT2D eigenvalue weighted by molar-refractivity contribution is 9.10. The molecule has 2 aliphatic rings. The summed E-state index contributed by atoms with van der Waals surface area (Å²) in [6, 6.07) is 10.8. The average molecular weight is 377 g/mol. The largest absolute Gasteiger partial charge is 0.312 e. The number of hydrogen-bond donors (Lipinski definition) is 0. The molecule has 2 atom stereocenters. The number of halogens is 2. The predicted molar refractivity (Wildman–Crippen MR) is 90.9 cm³/mol. The lowest BCUT2D eigenvalue weighted by atomic mass is 9.83. The summed E-state index contributed by atoms with van der Waals surface area (Å²) >= 11 is 3.26. The maximum Gasteiger partial charge on any atom is 0.250 e. The minimum absolute atomic E-state index is 0.119. The van der Waals surface area contributed by atoms with Gasteiger partial charge in [0.25, 0.3) is 5.56 Å². The van der Waals surface area contributed by atoms with Gasteiger partial charge in [0.2, 0.25) is 0 Å². The standard InChI is InChI=1S/C18H18BrFN2O/c19-15-7-12(4-5-16(15)20)8-21-9-13-6-14(11-21)17-2-1-3-18(23)22(17)10-13/h1-5,7,13-14H,6,8-11H2/t13-,14-/m0/s1. The van der Waals surface area contributed by atoms with Crippen molar-refractivity contribution >= 4 is 15.9 Å². The van der Waals surface area contributed by atoms with Crippen molar-refractivity contribution in [3.8, 4) is 0 Å². The number of fused-ring (bicyclic) bond motifs is 4. The smallest absolute Gasteiger partial charge is 0.250 e. The molecule has 23 heavy (non-hydrogen) atoms. The van der Waals surface area contributed by atoms with E-state index in [-0.39, 0.29) is 11.4 Å². The summed E-state index contributed by atoms with van der Waals surface area (Å²) in [6.07, 6.45) is 1.16. The van der Waals surface area contributed by atoms with Crippen LogP contribution in [0.2, 0.25) is 0 Å². The van der Waals surface area contributed by atoms with Gasteiger partial charge >= 0.3 is 0 Å². The van der Waals surface area contributed by atoms with Crippen LogP contribution in [0.1, 0.15) is 23.6 Å². The second-order valence-electron chi connectivity index (χ2n) is 6.64. The van der Waals surface area contributed by atoms with E-state index >= 15 is 0 Å². The third-order valence-electron chi connectivity index (χ3n) is 4.95. The summed E-state index contributed by atoms with van der Waals surface area (Å²) < 4.78 is 15.8. The first-order valence-corrected chi connectivity index (χ1v) is 8.75. The van der Waals surface area contributed by atoms with Crippen molar-refractivity contribution < 1.29 is 4.39 Å². The Morgan fingerprint density at radius 3 is 2.87 bits per heavy atom. The van der Waals surface area contributed by atoms with E-state index in [0.29, 0.717) is 16.3 Å². The number of rotatable bonds is 2. The second-order valence-corrected chi connectivity index (χ2v) is 7.50. The molecule has 1 saturated heterocycles. The zero-order valence-electron chi connectivity index (χ0n) is 12.7. The van der Waals surface area contributed by atoms with Crippen molar-refractivity contribution in [2.45, 2.75) is 25.4 Å². The fraction of sp³-hybridized carbons (Fsp3) is 0.389. The van der Waals surface area contributed by atoms with E-state index in [4.69, 9.17) is 0 Å². The van der Waals surface area contributed by atoms with E-state index in [1.165, 1.54) is 11.8 Å². The van der Waals surface area contributed by atoms with Gasteiger partial charge < -0.3 is 4.57 Å². The van der Waals surface area contributed by atoms with Crippen molar-refractivity contribution in [2.75, 3.05) is 13.1 Å². The van der Waals surface area contributed by atoms with Crippen LogP contribution >= 0.6 is 15.9 Å². The van der Waals surface area contributed by atoms with Crippen LogP contribution in [-0.4, -0.2) is 22.6 Å². The molecule has 2 bridgehead atoms. The van der Waals surface area contributed by atoms with Crippen LogP contribution in [0.25, 0.3) is 0 Å². The Bertz CT molecular complexity index is 804. The molecule has 4 rings (SSSR count). The summed E-state index contributed by atoms with van der Waals surface area (Å²) in [4.78, 5) is 14.5. The molecule has 1 aromatic heterocycles. The lowest BCUT2D eigenvalue weighted by Gasteiger charge is -2.42. The first-order valence-electron chi connectivity index (χ1n) is 7.96. The maximum absolute atomic E-state index is 13.4. The summed E-state index contributed by atoms with van der Waals surface area (Å²) in [5.41, 5.74) is 2.40. The Labute approximate surface area is 142 Å². The molecule has 0 N–H and O–H groups in total. The number of hydrogen-bond acceptors (Lipinski definition) is 2. The molecular formula is C18H18BrFN2O. The van der Waals surface area contributed by atoms with Gasteiger partial charge in [0.1, 0.15) is 5.82 Å². The number of piperidine rings is 1. The van der Waals surface area contributed by atoms with Gasteiger partial charge in [-0.25, -0.2) is 4.39 Å². The Balaban J connectivity index is 1.56. The Kier molecular flexibility index (Phi) is 3.85. The van der Waals surface area contributed by atoms with Crippen LogP contribution < -0.4 is 5.56 Å². The average Bonchev–Trinajstić information content (AvgIpc) is 2.52. The third-order valence-corrected chi connectivity index (χ3v) is 5.55. The van der Waals surface area contributed by atoms with E-state index < -0.39 is 0 Å². The van der Waals surface area contributed by atoms with Crippen LogP contribution in [0.15, 0.2) is 45.7 Å². The van der Waals surface area contributed by atoms with Gasteiger partial charge in [-0.05, 0) is 52.0 Å². The summed E-state index contributed by atoms with van der Waals surface area (Å²) in [7, 11) is 0. The first kappa shape index (κ1) is 15.1. The lowest BCUT2D eigenvalue weighted by Crippen LogP contribution is -2.46. The molecule has 0 radical (unpaired) electrons. The van der Waals surface area contributed by atoms with Crippen LogP contribution in [0.3, 0.4) is 0 Å². The Morgan fingerprint density at radius 2 is 2.04 bits per heavy atom. The van der Waals surface area contributed by atoms with Gasteiger partial charge in [-0.3, -0.25) is 9.69 Å². The van der Waals surface area contributed by atoms with Crippen LogP contribution in [0.4, 0.5) is 4.39 Å². The summed E-state index contributed by atoms with van der Waals surface area (Å²) in [5.74, 6) is 0.711. The Hall–Kier alpha value is -1.46. The molecule has 1 fully saturated rings. The fourth-order valence-electron chi connectivity index (χ4n) is 4.02. The highest BCUT2D eigenvalue weighted by Crippen LogP contribution is 2.35. The minimum Gasteiger partial charge on any atom is -0.312 e. The molecule has 1 aromatic carbocycles. The first-order chi connectivity index (χ1) is 11.1. The zero-order valence-corrected chi connectivity index (χ0v) is 14.3. The number of aromatic nitrogens is 1. The van der Waals surface area contributed by atoms with E-state index in [1.54, 1.807) is 6.07 Å². The highest BCUT2D eigenvalue weighted by Gasteiger charge is 2.34. The molecule has 2 aromatic rings. The molecule has 0 aliphatic carbocycles. The normalized spacial score (nSPS) is 23.6. The van der Waals surface area contributed by atoms with Crippen molar-refractivity contribution in [3.05, 3.63) is 68.3 Å². The summed E-state index contributed by atoms with van der Waals surface area (Å²) in [5, 5.41) is 0. The molecule has 0 unspecified atom stereocenters. The molecule has 0 amide bonds. The Morgan fingerprint density at radius 1 is 1.17 bits per heavy atom. The molecule has 120 valence electrons. The molecule has 2 aliphatic heterocycles. The van der Waals surface area contributed by atoms with Gasteiger partial charge in [-0.2, -0.15) is 0 Å². The topological polar surface area (TPSA) is 25.2 Å². The van der Waals surface area contributed by atoms with Crippen molar-refractivity contribution in [1.82, 2.24) is 9.47 Å². The van der Waals surface area contributed by atoms with Gasteiger partial charge in [-0.15, -0.1) is 0 Å². The van der Waals surface area contributed by atoms with E-state index in [0.717, 1.165) is 38.2 Å². The predicted octanol–water partition coefficient (Wildman–Crippen LogP) is 3.37. The van der Waals surface area contributed by atoms with E-state index in [1.807, 2.05) is 22.8 Å². The van der Waals surface area contributed by atoms with Crippen molar-refractivity contribution in [3.63, 3.8) is 0 Å². The highest BCUT2D eigenvalue weighted by atomic mass is 79.9. The number of nitrogens with zero attached hydrogens (tertiary/aromatic N) is 2. The SMILES string of the molecule is O=c1cccc2n1C[C@H]1C[C@H]2CN(Cc2ccc(F)c(Br)c2)C1. The molecule has 5 heteroatoms. The second kappa shape index (κ2) is 5.87. The molecule has 0 saturated carbocycles. The van der Waals surface area contributed by atoms with Gasteiger partial charge in [0, 0.05) is 43.9 Å². The van der Waals surface area contributed by atoms with Crippen LogP contribution in [-0.2, 0) is 13.1 Å². The zero-order chi connectivity index (χ0) is 16.0. The molecule has 0 spiro atoms. The molecule has 3 heterocycles. The quantitative estimate of drug-likeness (QED) is 0.802. The van der Waals surface area contributed by atoms with Gasteiger partial charge in [-0.1, -0.05) is 12.1 Å². The van der Waals surface area contributed by atoms with Crippen LogP contribution in [0, 0.1) is 11.7 Å². The number of benzene rings is 1. The van der Waals surface area contributed by atoms with Crippen molar-refractivity contribution in [2.24, 2.45) is 5.92 Å². The number of likely N-dealkylation sites (tertiary alicyclic amines) is 1. The summed E-state index contributed by atoms with van der Waals surface area (Å²) in [6.45, 7) is 3.58. The third kappa shape index (κ3) is 2.88. The van der Waals surface area contributed by atoms with Gasteiger partial charge in [0.05, 0.1) is 4.47 Å². The van der Waals surface area contributed by atoms with Crippen molar-refractivity contribution in [1.29, 1.82) is 0 Å². The fourth-order valence-corrected chi connectivity index (χ4v) is 4.45. The van der Waals surface area contributed by atoms with E-state index in [2.05, 4.69) is 26.9 Å². The lowest BCUT2D eigenvalue weighted by molar-refractivity contribution is 0.114. The molecule has 3 nitrogen and oxygen atoms in total. The minimum atomic E-state index is -0.224. The maximum atomic E-state index is 13.4. The number of pyridine rings is 1. The van der Waals surface area contributed by atoms with Crippen LogP contribution in [0.5, 0.6) is 0 Å². The van der Waals surface area contributed by atoms with Gasteiger partial charge in [0.15, 0.2) is 0 Å². The monoisotopic (exact) mass is 376 g/mol.